The number of halogens is 2. The van der Waals surface area contributed by atoms with E-state index >= 15 is 0 Å². The van der Waals surface area contributed by atoms with Gasteiger partial charge in [0.05, 0.1) is 15.7 Å². The predicted molar refractivity (Wildman–Crippen MR) is 102 cm³/mol. The van der Waals surface area contributed by atoms with Gasteiger partial charge in [-0.15, -0.1) is 0 Å². The van der Waals surface area contributed by atoms with E-state index in [9.17, 15) is 8.42 Å². The molecule has 0 spiro atoms. The minimum absolute atomic E-state index is 0.0613. The Morgan fingerprint density at radius 3 is 2.65 bits per heavy atom. The van der Waals surface area contributed by atoms with Crippen LogP contribution in [0.2, 0.25) is 10.0 Å². The normalized spacial score (nSPS) is 16.7. The van der Waals surface area contributed by atoms with Gasteiger partial charge in [-0.05, 0) is 37.4 Å². The molecule has 1 aliphatic heterocycles. The molecule has 8 heteroatoms. The zero-order valence-corrected chi connectivity index (χ0v) is 16.5. The van der Waals surface area contributed by atoms with E-state index in [4.69, 9.17) is 32.7 Å². The second-order valence-corrected chi connectivity index (χ2v) is 9.07. The summed E-state index contributed by atoms with van der Waals surface area (Å²) in [7, 11) is -1.68. The highest BCUT2D eigenvalue weighted by molar-refractivity contribution is 7.91. The Morgan fingerprint density at radius 2 is 1.88 bits per heavy atom. The van der Waals surface area contributed by atoms with Crippen molar-refractivity contribution in [1.82, 2.24) is 4.90 Å². The highest BCUT2D eigenvalue weighted by Gasteiger charge is 2.24. The Balaban J connectivity index is 1.57. The number of benzene rings is 2. The molecule has 140 valence electrons. The summed E-state index contributed by atoms with van der Waals surface area (Å²) < 4.78 is 36.7. The largest absolute Gasteiger partial charge is 0.486 e. The summed E-state index contributed by atoms with van der Waals surface area (Å²) in [5.74, 6) is 1.37. The molecule has 0 aliphatic carbocycles. The molecule has 2 aromatic rings. The summed E-state index contributed by atoms with van der Waals surface area (Å²) >= 11 is 11.9. The number of rotatable bonds is 6. The maximum atomic E-state index is 12.5. The van der Waals surface area contributed by atoms with Crippen molar-refractivity contribution in [2.24, 2.45) is 0 Å². The van der Waals surface area contributed by atoms with Crippen molar-refractivity contribution in [3.63, 3.8) is 0 Å². The third-order valence-corrected chi connectivity index (χ3v) is 6.46. The molecule has 1 heterocycles. The first-order valence-electron chi connectivity index (χ1n) is 8.10. The molecule has 0 fully saturated rings. The van der Waals surface area contributed by atoms with Crippen molar-refractivity contribution in [3.8, 4) is 11.5 Å². The molecule has 5 nitrogen and oxygen atoms in total. The number of sulfone groups is 1. The molecule has 2 aromatic carbocycles. The van der Waals surface area contributed by atoms with Crippen molar-refractivity contribution in [2.45, 2.75) is 11.0 Å². The average molecular weight is 416 g/mol. The molecule has 0 N–H and O–H groups in total. The van der Waals surface area contributed by atoms with E-state index in [0.717, 1.165) is 5.75 Å². The zero-order chi connectivity index (χ0) is 18.7. The molecule has 0 bridgehead atoms. The molecule has 0 saturated carbocycles. The number of hydrogen-bond donors (Lipinski definition) is 0. The monoisotopic (exact) mass is 415 g/mol. The van der Waals surface area contributed by atoms with Crippen LogP contribution in [0.1, 0.15) is 0 Å². The molecule has 26 heavy (non-hydrogen) atoms. The molecule has 0 radical (unpaired) electrons. The van der Waals surface area contributed by atoms with Gasteiger partial charge >= 0.3 is 0 Å². The van der Waals surface area contributed by atoms with Crippen molar-refractivity contribution < 1.29 is 17.9 Å². The summed E-state index contributed by atoms with van der Waals surface area (Å²) in [4.78, 5) is 1.96. The van der Waals surface area contributed by atoms with Gasteiger partial charge < -0.3 is 14.4 Å². The lowest BCUT2D eigenvalue weighted by Gasteiger charge is -2.29. The van der Waals surface area contributed by atoms with Gasteiger partial charge in [0.15, 0.2) is 21.3 Å². The Bertz CT molecular complexity index is 889. The van der Waals surface area contributed by atoms with Gasteiger partial charge in [-0.1, -0.05) is 35.3 Å². The number of para-hydroxylation sites is 2. The minimum atomic E-state index is -3.53. The summed E-state index contributed by atoms with van der Waals surface area (Å²) in [6.07, 6.45) is -0.160. The first-order chi connectivity index (χ1) is 12.3. The highest BCUT2D eigenvalue weighted by atomic mass is 35.5. The first-order valence-corrected chi connectivity index (χ1v) is 10.5. The average Bonchev–Trinajstić information content (AvgIpc) is 2.62. The van der Waals surface area contributed by atoms with Gasteiger partial charge in [0, 0.05) is 18.1 Å². The number of likely N-dealkylation sites (N-methyl/N-ethyl adjacent to an activating group) is 1. The fraction of sp³-hybridized carbons (Fsp3) is 0.333. The molecule has 0 saturated heterocycles. The van der Waals surface area contributed by atoms with Crippen LogP contribution in [0, 0.1) is 0 Å². The van der Waals surface area contributed by atoms with Crippen LogP contribution in [0.5, 0.6) is 11.5 Å². The third kappa shape index (κ3) is 4.62. The topological polar surface area (TPSA) is 55.8 Å². The Kier molecular flexibility index (Phi) is 5.97. The second kappa shape index (κ2) is 8.05. The Labute approximate surface area is 163 Å². The molecule has 0 amide bonds. The van der Waals surface area contributed by atoms with E-state index in [-0.39, 0.29) is 21.8 Å². The standard InChI is InChI=1S/C18H19Cl2NO4S/c1-21(11-14-12-24-16-4-2-3-5-17(16)25-14)8-9-26(22,23)18-10-13(19)6-7-15(18)20/h2-7,10,14H,8-9,11-12H2,1H3/t14-/m1/s1. The molecule has 0 unspecified atom stereocenters. The quantitative estimate of drug-likeness (QED) is 0.721. The van der Waals surface area contributed by atoms with E-state index in [0.29, 0.717) is 30.5 Å². The van der Waals surface area contributed by atoms with Crippen molar-refractivity contribution >= 4 is 33.0 Å². The second-order valence-electron chi connectivity index (χ2n) is 6.15. The lowest BCUT2D eigenvalue weighted by Crippen LogP contribution is -2.40. The molecular formula is C18H19Cl2NO4S. The van der Waals surface area contributed by atoms with Crippen molar-refractivity contribution in [2.75, 3.05) is 32.5 Å². The number of ether oxygens (including phenoxy) is 2. The first kappa shape index (κ1) is 19.3. The van der Waals surface area contributed by atoms with E-state index in [1.807, 2.05) is 36.2 Å². The Hall–Kier alpha value is -1.47. The third-order valence-electron chi connectivity index (χ3n) is 4.05. The molecule has 1 aliphatic rings. The Morgan fingerprint density at radius 1 is 1.15 bits per heavy atom. The lowest BCUT2D eigenvalue weighted by atomic mass is 10.2. The van der Waals surface area contributed by atoms with E-state index in [1.54, 1.807) is 6.07 Å². The maximum absolute atomic E-state index is 12.5. The minimum Gasteiger partial charge on any atom is -0.486 e. The van der Waals surface area contributed by atoms with Crippen molar-refractivity contribution in [1.29, 1.82) is 0 Å². The smallest absolute Gasteiger partial charge is 0.181 e. The molecule has 1 atom stereocenters. The highest BCUT2D eigenvalue weighted by Crippen LogP contribution is 2.31. The summed E-state index contributed by atoms with van der Waals surface area (Å²) in [5.41, 5.74) is 0. The molecular weight excluding hydrogens is 397 g/mol. The molecule has 0 aromatic heterocycles. The van der Waals surface area contributed by atoms with Gasteiger partial charge in [0.25, 0.3) is 0 Å². The maximum Gasteiger partial charge on any atom is 0.181 e. The van der Waals surface area contributed by atoms with Gasteiger partial charge in [0.1, 0.15) is 12.7 Å². The molecule has 3 rings (SSSR count). The fourth-order valence-electron chi connectivity index (χ4n) is 2.69. The van der Waals surface area contributed by atoms with Crippen LogP contribution in [0.4, 0.5) is 0 Å². The van der Waals surface area contributed by atoms with Crippen LogP contribution >= 0.6 is 23.2 Å². The van der Waals surface area contributed by atoms with Crippen molar-refractivity contribution in [3.05, 3.63) is 52.5 Å². The van der Waals surface area contributed by atoms with E-state index in [2.05, 4.69) is 0 Å². The van der Waals surface area contributed by atoms with Crippen LogP contribution in [0.3, 0.4) is 0 Å². The van der Waals surface area contributed by atoms with Gasteiger partial charge in [-0.25, -0.2) is 8.42 Å². The summed E-state index contributed by atoms with van der Waals surface area (Å²) in [6, 6.07) is 11.9. The van der Waals surface area contributed by atoms with Gasteiger partial charge in [0.2, 0.25) is 0 Å². The number of hydrogen-bond acceptors (Lipinski definition) is 5. The van der Waals surface area contributed by atoms with Crippen LogP contribution < -0.4 is 9.47 Å². The van der Waals surface area contributed by atoms with Crippen LogP contribution in [-0.4, -0.2) is 51.9 Å². The van der Waals surface area contributed by atoms with Crippen LogP contribution in [-0.2, 0) is 9.84 Å². The number of fused-ring (bicyclic) bond motifs is 1. The van der Waals surface area contributed by atoms with Crippen LogP contribution in [0.25, 0.3) is 0 Å². The fourth-order valence-corrected chi connectivity index (χ4v) is 4.84. The summed E-state index contributed by atoms with van der Waals surface area (Å²) in [5, 5.41) is 0.519. The van der Waals surface area contributed by atoms with E-state index < -0.39 is 9.84 Å². The van der Waals surface area contributed by atoms with Crippen LogP contribution in [0.15, 0.2) is 47.4 Å². The lowest BCUT2D eigenvalue weighted by molar-refractivity contribution is 0.0669. The van der Waals surface area contributed by atoms with Gasteiger partial charge in [-0.2, -0.15) is 0 Å². The number of nitrogens with zero attached hydrogens (tertiary/aromatic N) is 1. The summed E-state index contributed by atoms with van der Waals surface area (Å²) in [6.45, 7) is 1.31. The van der Waals surface area contributed by atoms with Gasteiger partial charge in [-0.3, -0.25) is 0 Å². The SMILES string of the molecule is CN(CCS(=O)(=O)c1cc(Cl)ccc1Cl)C[C@@H]1COc2ccccc2O1. The zero-order valence-electron chi connectivity index (χ0n) is 14.2. The van der Waals surface area contributed by atoms with E-state index in [1.165, 1.54) is 12.1 Å². The predicted octanol–water partition coefficient (Wildman–Crippen LogP) is 3.54.